The van der Waals surface area contributed by atoms with Crippen LogP contribution in [0.3, 0.4) is 0 Å². The molecule has 35 heavy (non-hydrogen) atoms. The summed E-state index contributed by atoms with van der Waals surface area (Å²) in [6.07, 6.45) is 2.03. The second-order valence-corrected chi connectivity index (χ2v) is 8.18. The van der Waals surface area contributed by atoms with Gasteiger partial charge in [0.05, 0.1) is 17.3 Å². The summed E-state index contributed by atoms with van der Waals surface area (Å²) in [5.41, 5.74) is 4.86. The van der Waals surface area contributed by atoms with Crippen LogP contribution < -0.4 is 16.4 Å². The first-order chi connectivity index (χ1) is 16.6. The number of hydrogen-bond donors (Lipinski definition) is 3. The van der Waals surface area contributed by atoms with Crippen LogP contribution in [0.15, 0.2) is 23.2 Å². The van der Waals surface area contributed by atoms with E-state index in [9.17, 15) is 33.2 Å². The summed E-state index contributed by atoms with van der Waals surface area (Å²) < 4.78 is 13.6. The van der Waals surface area contributed by atoms with Crippen LogP contribution in [0, 0.1) is 5.82 Å². The number of nitrogens with two attached hydrogens (primary N) is 1. The molecular formula is C24H31FN4O6. The lowest BCUT2D eigenvalue weighted by atomic mass is 9.99. The van der Waals surface area contributed by atoms with Crippen molar-refractivity contribution < 1.29 is 33.2 Å². The maximum Gasteiger partial charge on any atom is 0.277 e. The number of halogens is 1. The summed E-state index contributed by atoms with van der Waals surface area (Å²) in [5, 5.41) is 5.04. The third kappa shape index (κ3) is 10.0. The maximum atomic E-state index is 13.6. The first-order valence-corrected chi connectivity index (χ1v) is 11.2. The van der Waals surface area contributed by atoms with Gasteiger partial charge in [-0.2, -0.15) is 0 Å². The van der Waals surface area contributed by atoms with Gasteiger partial charge in [0.1, 0.15) is 18.4 Å². The number of amides is 3. The van der Waals surface area contributed by atoms with Crippen molar-refractivity contribution in [3.8, 4) is 0 Å². The average molecular weight is 491 g/mol. The molecule has 0 bridgehead atoms. The molecule has 0 aromatic heterocycles. The maximum absolute atomic E-state index is 13.6. The standard InChI is InChI=1S/C24H31FN4O6/c1-3-16-13-17(6-8-19(16)25)22(34)28-18(14-31)7-9-21(33)27-11-4-5-20(26)23(35)29-24(2,15-32)10-12-30/h6,8,12-15,20H,3-5,7,9-11,26H2,1-2H3,(H,27,33)(H,29,35)/t20-,24?/m0/s1. The minimum Gasteiger partial charge on any atom is -0.356 e. The van der Waals surface area contributed by atoms with Gasteiger partial charge in [0.2, 0.25) is 11.8 Å². The van der Waals surface area contributed by atoms with Gasteiger partial charge in [0.25, 0.3) is 5.91 Å². The Balaban J connectivity index is 2.47. The van der Waals surface area contributed by atoms with Crippen LogP contribution in [0.1, 0.15) is 61.9 Å². The molecule has 0 fully saturated rings. The highest BCUT2D eigenvalue weighted by molar-refractivity contribution is 6.31. The van der Waals surface area contributed by atoms with Crippen LogP contribution in [0.25, 0.3) is 0 Å². The summed E-state index contributed by atoms with van der Waals surface area (Å²) in [4.78, 5) is 73.1. The van der Waals surface area contributed by atoms with E-state index in [0.717, 1.165) is 6.07 Å². The van der Waals surface area contributed by atoms with Gasteiger partial charge in [-0.1, -0.05) is 6.92 Å². The summed E-state index contributed by atoms with van der Waals surface area (Å²) in [5.74, 6) is -2.11. The fourth-order valence-corrected chi connectivity index (χ4v) is 3.00. The molecule has 1 unspecified atom stereocenters. The van der Waals surface area contributed by atoms with E-state index >= 15 is 0 Å². The number of nitrogens with one attached hydrogen (secondary N) is 2. The first-order valence-electron chi connectivity index (χ1n) is 11.2. The molecule has 2 atom stereocenters. The van der Waals surface area contributed by atoms with Gasteiger partial charge in [-0.3, -0.25) is 19.2 Å². The van der Waals surface area contributed by atoms with Crippen molar-refractivity contribution in [2.24, 2.45) is 10.7 Å². The molecule has 1 aromatic rings. The van der Waals surface area contributed by atoms with E-state index in [0.29, 0.717) is 37.3 Å². The molecule has 190 valence electrons. The number of carbonyl (C=O) groups excluding carboxylic acids is 6. The minimum atomic E-state index is -1.32. The summed E-state index contributed by atoms with van der Waals surface area (Å²) >= 11 is 0. The van der Waals surface area contributed by atoms with Crippen molar-refractivity contribution in [1.29, 1.82) is 0 Å². The Labute approximate surface area is 202 Å². The van der Waals surface area contributed by atoms with Crippen molar-refractivity contribution in [1.82, 2.24) is 10.6 Å². The number of aryl methyl sites for hydroxylation is 1. The van der Waals surface area contributed by atoms with E-state index in [1.165, 1.54) is 19.1 Å². The Bertz CT molecular complexity index is 981. The van der Waals surface area contributed by atoms with E-state index in [-0.39, 0.29) is 49.4 Å². The summed E-state index contributed by atoms with van der Waals surface area (Å²) in [6, 6.07) is 2.89. The zero-order valence-electron chi connectivity index (χ0n) is 19.8. The van der Waals surface area contributed by atoms with Gasteiger partial charge < -0.3 is 26.0 Å². The highest BCUT2D eigenvalue weighted by atomic mass is 19.1. The average Bonchev–Trinajstić information content (AvgIpc) is 2.84. The molecule has 0 aliphatic rings. The molecule has 0 aliphatic heterocycles. The van der Waals surface area contributed by atoms with Crippen molar-refractivity contribution in [2.45, 2.75) is 64.0 Å². The van der Waals surface area contributed by atoms with E-state index in [1.807, 2.05) is 0 Å². The van der Waals surface area contributed by atoms with Gasteiger partial charge in [-0.15, -0.1) is 0 Å². The van der Waals surface area contributed by atoms with Crippen molar-refractivity contribution in [3.63, 3.8) is 0 Å². The summed E-state index contributed by atoms with van der Waals surface area (Å²) in [7, 11) is 0. The fraction of sp³-hybridized carbons (Fsp3) is 0.458. The smallest absolute Gasteiger partial charge is 0.277 e. The molecule has 3 amide bonds. The van der Waals surface area contributed by atoms with E-state index in [4.69, 9.17) is 5.73 Å². The molecule has 0 saturated heterocycles. The van der Waals surface area contributed by atoms with Crippen molar-refractivity contribution >= 4 is 42.3 Å². The SMILES string of the molecule is CCc1cc(C(=O)N=C(C=O)CCC(=O)NCCC[C@H](N)C(=O)NC(C)(C=O)CC=O)ccc1F. The third-order valence-corrected chi connectivity index (χ3v) is 5.19. The quantitative estimate of drug-likeness (QED) is 0.186. The zero-order valence-corrected chi connectivity index (χ0v) is 19.8. The Kier molecular flexibility index (Phi) is 12.3. The van der Waals surface area contributed by atoms with Crippen LogP contribution in [0.5, 0.6) is 0 Å². The van der Waals surface area contributed by atoms with Crippen molar-refractivity contribution in [3.05, 3.63) is 35.1 Å². The molecule has 1 rings (SSSR count). The van der Waals surface area contributed by atoms with E-state index < -0.39 is 29.2 Å². The predicted octanol–water partition coefficient (Wildman–Crippen LogP) is 0.835. The minimum absolute atomic E-state index is 0.0637. The van der Waals surface area contributed by atoms with E-state index in [1.54, 1.807) is 6.92 Å². The Morgan fingerprint density at radius 1 is 1.20 bits per heavy atom. The Hall–Kier alpha value is -3.60. The van der Waals surface area contributed by atoms with Gasteiger partial charge in [-0.05, 0) is 49.9 Å². The molecule has 0 heterocycles. The van der Waals surface area contributed by atoms with Crippen LogP contribution in [0.4, 0.5) is 4.39 Å². The second kappa shape index (κ2) is 14.6. The molecule has 4 N–H and O–H groups in total. The van der Waals surface area contributed by atoms with Gasteiger partial charge in [-0.25, -0.2) is 9.38 Å². The second-order valence-electron chi connectivity index (χ2n) is 8.18. The number of carbonyl (C=O) groups is 6. The fourth-order valence-electron chi connectivity index (χ4n) is 3.00. The molecule has 0 radical (unpaired) electrons. The third-order valence-electron chi connectivity index (χ3n) is 5.19. The first kappa shape index (κ1) is 29.4. The van der Waals surface area contributed by atoms with Crippen LogP contribution >= 0.6 is 0 Å². The lowest BCUT2D eigenvalue weighted by molar-refractivity contribution is -0.128. The zero-order chi connectivity index (χ0) is 26.4. The van der Waals surface area contributed by atoms with Crippen LogP contribution in [-0.4, -0.2) is 60.4 Å². The van der Waals surface area contributed by atoms with Crippen LogP contribution in [-0.2, 0) is 30.4 Å². The number of nitrogens with zero attached hydrogens (tertiary/aromatic N) is 1. The van der Waals surface area contributed by atoms with Gasteiger partial charge in [0, 0.05) is 31.4 Å². The molecule has 1 aromatic carbocycles. The largest absolute Gasteiger partial charge is 0.356 e. The van der Waals surface area contributed by atoms with E-state index in [2.05, 4.69) is 15.6 Å². The number of aliphatic imine (C=N–C) groups is 1. The Morgan fingerprint density at radius 3 is 2.51 bits per heavy atom. The van der Waals surface area contributed by atoms with Crippen LogP contribution in [0.2, 0.25) is 0 Å². The lowest BCUT2D eigenvalue weighted by Gasteiger charge is -2.24. The number of rotatable bonds is 15. The molecule has 11 heteroatoms. The van der Waals surface area contributed by atoms with Gasteiger partial charge >= 0.3 is 0 Å². The molecular weight excluding hydrogens is 459 g/mol. The molecule has 10 nitrogen and oxygen atoms in total. The molecule has 0 aliphatic carbocycles. The highest BCUT2D eigenvalue weighted by Crippen LogP contribution is 2.12. The monoisotopic (exact) mass is 490 g/mol. The van der Waals surface area contributed by atoms with Gasteiger partial charge in [0.15, 0.2) is 6.29 Å². The molecule has 0 saturated carbocycles. The summed E-state index contributed by atoms with van der Waals surface area (Å²) in [6.45, 7) is 3.36. The Morgan fingerprint density at radius 2 is 1.91 bits per heavy atom. The normalized spacial score (nSPS) is 13.8. The number of hydrogen-bond acceptors (Lipinski definition) is 7. The topological polar surface area (TPSA) is 165 Å². The molecule has 0 spiro atoms. The number of benzene rings is 1. The van der Waals surface area contributed by atoms with Crippen molar-refractivity contribution in [2.75, 3.05) is 6.54 Å². The predicted molar refractivity (Wildman–Crippen MR) is 126 cm³/mol. The lowest BCUT2D eigenvalue weighted by Crippen LogP contribution is -2.53. The number of aldehydes is 3. The highest BCUT2D eigenvalue weighted by Gasteiger charge is 2.27.